The molecule has 0 aliphatic carbocycles. The van der Waals surface area contributed by atoms with Crippen LogP contribution in [0.3, 0.4) is 0 Å². The van der Waals surface area contributed by atoms with Crippen molar-refractivity contribution in [2.45, 2.75) is 19.3 Å². The van der Waals surface area contributed by atoms with E-state index in [-0.39, 0.29) is 5.28 Å². The number of nitrogens with zero attached hydrogens (tertiary/aromatic N) is 4. The highest BCUT2D eigenvalue weighted by Gasteiger charge is 2.15. The topological polar surface area (TPSA) is 63.2 Å². The minimum atomic E-state index is 0.201. The van der Waals surface area contributed by atoms with Gasteiger partial charge in [-0.1, -0.05) is 0 Å². The molecule has 0 unspecified atom stereocenters. The molecule has 1 fully saturated rings. The SMILES string of the molecule is C#CCCCCNc1nc(Cl)nc(N2CCOCC2)n1. The van der Waals surface area contributed by atoms with Crippen LogP contribution in [0.5, 0.6) is 0 Å². The number of nitrogens with one attached hydrogen (secondary N) is 1. The molecule has 0 saturated carbocycles. The van der Waals surface area contributed by atoms with Gasteiger partial charge in [-0.2, -0.15) is 15.0 Å². The van der Waals surface area contributed by atoms with E-state index in [4.69, 9.17) is 22.8 Å². The van der Waals surface area contributed by atoms with Gasteiger partial charge in [0.25, 0.3) is 0 Å². The molecule has 6 nitrogen and oxygen atoms in total. The maximum Gasteiger partial charge on any atom is 0.231 e. The van der Waals surface area contributed by atoms with Gasteiger partial charge in [-0.15, -0.1) is 12.3 Å². The van der Waals surface area contributed by atoms with Gasteiger partial charge in [0.1, 0.15) is 0 Å². The number of anilines is 2. The average Bonchev–Trinajstić information content (AvgIpc) is 2.47. The number of ether oxygens (including phenoxy) is 1. The van der Waals surface area contributed by atoms with E-state index in [9.17, 15) is 0 Å². The Bertz CT molecular complexity index is 470. The van der Waals surface area contributed by atoms with Gasteiger partial charge in [0.2, 0.25) is 17.2 Å². The molecule has 0 radical (unpaired) electrons. The molecule has 108 valence electrons. The van der Waals surface area contributed by atoms with Crippen LogP contribution in [0.1, 0.15) is 19.3 Å². The lowest BCUT2D eigenvalue weighted by Crippen LogP contribution is -2.37. The van der Waals surface area contributed by atoms with Crippen molar-refractivity contribution in [1.82, 2.24) is 15.0 Å². The summed E-state index contributed by atoms with van der Waals surface area (Å²) in [6.07, 6.45) is 7.96. The maximum atomic E-state index is 5.95. The van der Waals surface area contributed by atoms with Gasteiger partial charge in [0, 0.05) is 26.1 Å². The Morgan fingerprint density at radius 3 is 2.80 bits per heavy atom. The maximum absolute atomic E-state index is 5.95. The fourth-order valence-electron chi connectivity index (χ4n) is 1.88. The van der Waals surface area contributed by atoms with Gasteiger partial charge < -0.3 is 15.0 Å². The lowest BCUT2D eigenvalue weighted by Gasteiger charge is -2.26. The summed E-state index contributed by atoms with van der Waals surface area (Å²) in [5, 5.41) is 3.35. The van der Waals surface area contributed by atoms with Crippen molar-refractivity contribution in [3.63, 3.8) is 0 Å². The fraction of sp³-hybridized carbons (Fsp3) is 0.615. The molecule has 2 rings (SSSR count). The van der Waals surface area contributed by atoms with E-state index >= 15 is 0 Å². The van der Waals surface area contributed by atoms with Crippen LogP contribution in [0.2, 0.25) is 5.28 Å². The summed E-state index contributed by atoms with van der Waals surface area (Å²) in [7, 11) is 0. The first-order valence-electron chi connectivity index (χ1n) is 6.71. The first-order valence-corrected chi connectivity index (χ1v) is 7.09. The number of hydrogen-bond donors (Lipinski definition) is 1. The highest BCUT2D eigenvalue weighted by atomic mass is 35.5. The van der Waals surface area contributed by atoms with Gasteiger partial charge in [0.15, 0.2) is 0 Å². The average molecular weight is 296 g/mol. The van der Waals surface area contributed by atoms with Crippen LogP contribution in [0.25, 0.3) is 0 Å². The van der Waals surface area contributed by atoms with E-state index in [1.807, 2.05) is 4.90 Å². The third-order valence-corrected chi connectivity index (χ3v) is 3.09. The summed E-state index contributed by atoms with van der Waals surface area (Å²) in [6.45, 7) is 3.66. The zero-order chi connectivity index (χ0) is 14.2. The Kier molecular flexibility index (Phi) is 5.84. The highest BCUT2D eigenvalue weighted by molar-refractivity contribution is 6.28. The largest absolute Gasteiger partial charge is 0.378 e. The molecule has 1 aliphatic rings. The monoisotopic (exact) mass is 295 g/mol. The van der Waals surface area contributed by atoms with Crippen molar-refractivity contribution in [3.05, 3.63) is 5.28 Å². The Labute approximate surface area is 123 Å². The van der Waals surface area contributed by atoms with E-state index in [2.05, 4.69) is 26.2 Å². The van der Waals surface area contributed by atoms with E-state index < -0.39 is 0 Å². The molecule has 1 aromatic heterocycles. The van der Waals surface area contributed by atoms with Crippen LogP contribution >= 0.6 is 11.6 Å². The van der Waals surface area contributed by atoms with Crippen molar-refractivity contribution in [2.75, 3.05) is 43.1 Å². The number of morpholine rings is 1. The van der Waals surface area contributed by atoms with Gasteiger partial charge in [-0.25, -0.2) is 0 Å². The Morgan fingerprint density at radius 1 is 1.25 bits per heavy atom. The molecule has 7 heteroatoms. The van der Waals surface area contributed by atoms with Crippen molar-refractivity contribution in [3.8, 4) is 12.3 Å². The number of unbranched alkanes of at least 4 members (excludes halogenated alkanes) is 2. The molecule has 0 bridgehead atoms. The molecule has 0 spiro atoms. The fourth-order valence-corrected chi connectivity index (χ4v) is 2.03. The second-order valence-corrected chi connectivity index (χ2v) is 4.75. The quantitative estimate of drug-likeness (QED) is 0.635. The van der Waals surface area contributed by atoms with Crippen molar-refractivity contribution in [1.29, 1.82) is 0 Å². The molecule has 0 atom stereocenters. The molecule has 1 N–H and O–H groups in total. The Morgan fingerprint density at radius 2 is 2.05 bits per heavy atom. The standard InChI is InChI=1S/C13H18ClN5O/c1-2-3-4-5-6-15-12-16-11(14)17-13(18-12)19-7-9-20-10-8-19/h1H,3-10H2,(H,15,16,17,18). The van der Waals surface area contributed by atoms with Gasteiger partial charge in [-0.05, 0) is 24.4 Å². The second-order valence-electron chi connectivity index (χ2n) is 4.42. The van der Waals surface area contributed by atoms with Gasteiger partial charge in [0.05, 0.1) is 13.2 Å². The third kappa shape index (κ3) is 4.51. The second kappa shape index (κ2) is 7.88. The minimum Gasteiger partial charge on any atom is -0.378 e. The van der Waals surface area contributed by atoms with Crippen LogP contribution < -0.4 is 10.2 Å². The summed E-state index contributed by atoms with van der Waals surface area (Å²) in [5.74, 6) is 3.72. The summed E-state index contributed by atoms with van der Waals surface area (Å²) < 4.78 is 5.31. The van der Waals surface area contributed by atoms with Gasteiger partial charge in [-0.3, -0.25) is 0 Å². The third-order valence-electron chi connectivity index (χ3n) is 2.92. The first kappa shape index (κ1) is 14.8. The van der Waals surface area contributed by atoms with E-state index in [0.717, 1.165) is 38.9 Å². The molecule has 0 amide bonds. The molecule has 1 saturated heterocycles. The van der Waals surface area contributed by atoms with E-state index in [1.54, 1.807) is 0 Å². The molecule has 2 heterocycles. The van der Waals surface area contributed by atoms with Crippen LogP contribution in [0.15, 0.2) is 0 Å². The smallest absolute Gasteiger partial charge is 0.231 e. The number of hydrogen-bond acceptors (Lipinski definition) is 6. The molecular weight excluding hydrogens is 278 g/mol. The normalized spacial score (nSPS) is 14.9. The van der Waals surface area contributed by atoms with Crippen molar-refractivity contribution < 1.29 is 4.74 Å². The predicted octanol–water partition coefficient (Wildman–Crippen LogP) is 1.58. The minimum absolute atomic E-state index is 0.201. The predicted molar refractivity (Wildman–Crippen MR) is 79.0 cm³/mol. The number of halogens is 1. The molecule has 0 aromatic carbocycles. The van der Waals surface area contributed by atoms with E-state index in [0.29, 0.717) is 25.1 Å². The number of rotatable bonds is 6. The Hall–Kier alpha value is -1.58. The number of aromatic nitrogens is 3. The van der Waals surface area contributed by atoms with Crippen molar-refractivity contribution in [2.24, 2.45) is 0 Å². The lowest BCUT2D eigenvalue weighted by molar-refractivity contribution is 0.122. The van der Waals surface area contributed by atoms with Gasteiger partial charge >= 0.3 is 0 Å². The zero-order valence-electron chi connectivity index (χ0n) is 11.3. The summed E-state index contributed by atoms with van der Waals surface area (Å²) >= 11 is 5.95. The summed E-state index contributed by atoms with van der Waals surface area (Å²) in [6, 6.07) is 0. The van der Waals surface area contributed by atoms with Crippen LogP contribution in [-0.2, 0) is 4.74 Å². The molecule has 1 aliphatic heterocycles. The number of terminal acetylenes is 1. The van der Waals surface area contributed by atoms with Crippen LogP contribution in [0, 0.1) is 12.3 Å². The van der Waals surface area contributed by atoms with E-state index in [1.165, 1.54) is 0 Å². The zero-order valence-corrected chi connectivity index (χ0v) is 12.1. The highest BCUT2D eigenvalue weighted by Crippen LogP contribution is 2.15. The molecular formula is C13H18ClN5O. The van der Waals surface area contributed by atoms with Crippen molar-refractivity contribution >= 4 is 23.5 Å². The van der Waals surface area contributed by atoms with Crippen LogP contribution in [0.4, 0.5) is 11.9 Å². The Balaban J connectivity index is 1.92. The summed E-state index contributed by atoms with van der Waals surface area (Å²) in [4.78, 5) is 14.7. The first-order chi connectivity index (χ1) is 9.79. The van der Waals surface area contributed by atoms with Crippen LogP contribution in [-0.4, -0.2) is 47.8 Å². The molecule has 1 aromatic rings. The lowest BCUT2D eigenvalue weighted by atomic mass is 10.2. The molecule has 20 heavy (non-hydrogen) atoms. The summed E-state index contributed by atoms with van der Waals surface area (Å²) in [5.41, 5.74) is 0.